The number of nitrogens with one attached hydrogen (secondary N) is 1. The number of carbonyl (C=O) groups is 1. The van der Waals surface area contributed by atoms with Crippen molar-refractivity contribution in [1.82, 2.24) is 5.32 Å². The summed E-state index contributed by atoms with van der Waals surface area (Å²) in [6.07, 6.45) is 3.38. The van der Waals surface area contributed by atoms with E-state index >= 15 is 0 Å². The van der Waals surface area contributed by atoms with Gasteiger partial charge in [0.2, 0.25) is 5.91 Å². The predicted octanol–water partition coefficient (Wildman–Crippen LogP) is 3.36. The number of nitrogens with two attached hydrogens (primary N) is 1. The number of hydrogen-bond donors (Lipinski definition) is 2. The molecule has 1 amide bonds. The van der Waals surface area contributed by atoms with Crippen molar-refractivity contribution in [2.24, 2.45) is 0 Å². The zero-order chi connectivity index (χ0) is 14.3. The van der Waals surface area contributed by atoms with Crippen LogP contribution in [-0.2, 0) is 4.79 Å². The first-order valence-corrected chi connectivity index (χ1v) is 7.73. The third kappa shape index (κ3) is 5.15. The lowest BCUT2D eigenvalue weighted by Gasteiger charge is -2.14. The van der Waals surface area contributed by atoms with Crippen LogP contribution in [0, 0.1) is 6.92 Å². The van der Waals surface area contributed by atoms with E-state index in [1.165, 1.54) is 6.42 Å². The number of hydrogen-bond acceptors (Lipinski definition) is 3. The molecule has 4 heteroatoms. The minimum Gasteiger partial charge on any atom is -0.398 e. The van der Waals surface area contributed by atoms with Crippen molar-refractivity contribution in [3.05, 3.63) is 23.8 Å². The summed E-state index contributed by atoms with van der Waals surface area (Å²) in [6, 6.07) is 5.82. The molecule has 0 aliphatic rings. The minimum atomic E-state index is -0.0953. The fourth-order valence-electron chi connectivity index (χ4n) is 1.73. The monoisotopic (exact) mass is 280 g/mol. The smallest absolute Gasteiger partial charge is 0.233 e. The van der Waals surface area contributed by atoms with Crippen molar-refractivity contribution in [2.45, 2.75) is 50.2 Å². The first-order valence-electron chi connectivity index (χ1n) is 6.85. The normalized spacial score (nSPS) is 12.2. The standard InChI is InChI=1S/C15H24N2OS/c1-4-5-6-10-17-15(18)12(3)19-14-9-7-8-13(16)11(14)2/h7-9,12H,4-6,10,16H2,1-3H3,(H,17,18). The van der Waals surface area contributed by atoms with Crippen LogP contribution in [0.15, 0.2) is 23.1 Å². The van der Waals surface area contributed by atoms with Crippen LogP contribution in [0.2, 0.25) is 0 Å². The highest BCUT2D eigenvalue weighted by Crippen LogP contribution is 2.29. The van der Waals surface area contributed by atoms with Gasteiger partial charge in [-0.05, 0) is 38.0 Å². The molecule has 0 bridgehead atoms. The summed E-state index contributed by atoms with van der Waals surface area (Å²) in [7, 11) is 0. The molecule has 0 saturated heterocycles. The van der Waals surface area contributed by atoms with E-state index in [-0.39, 0.29) is 11.2 Å². The topological polar surface area (TPSA) is 55.1 Å². The van der Waals surface area contributed by atoms with Gasteiger partial charge in [-0.15, -0.1) is 11.8 Å². The second-order valence-electron chi connectivity index (χ2n) is 4.73. The van der Waals surface area contributed by atoms with Crippen LogP contribution in [0.1, 0.15) is 38.7 Å². The lowest BCUT2D eigenvalue weighted by molar-refractivity contribution is -0.120. The van der Waals surface area contributed by atoms with E-state index in [0.29, 0.717) is 0 Å². The Morgan fingerprint density at radius 2 is 2.16 bits per heavy atom. The third-order valence-electron chi connectivity index (χ3n) is 3.08. The molecular weight excluding hydrogens is 256 g/mol. The van der Waals surface area contributed by atoms with Crippen molar-refractivity contribution < 1.29 is 4.79 Å². The maximum Gasteiger partial charge on any atom is 0.233 e. The number of amides is 1. The highest BCUT2D eigenvalue weighted by molar-refractivity contribution is 8.00. The van der Waals surface area contributed by atoms with Gasteiger partial charge in [0.1, 0.15) is 0 Å². The second-order valence-corrected chi connectivity index (χ2v) is 6.11. The van der Waals surface area contributed by atoms with Crippen LogP contribution in [0.5, 0.6) is 0 Å². The molecule has 0 fully saturated rings. The number of nitrogen functional groups attached to an aromatic ring is 1. The van der Waals surface area contributed by atoms with Crippen molar-refractivity contribution in [2.75, 3.05) is 12.3 Å². The van der Waals surface area contributed by atoms with Crippen LogP contribution in [0.3, 0.4) is 0 Å². The van der Waals surface area contributed by atoms with Gasteiger partial charge in [0.05, 0.1) is 5.25 Å². The van der Waals surface area contributed by atoms with Gasteiger partial charge in [0.15, 0.2) is 0 Å². The molecule has 1 aromatic carbocycles. The van der Waals surface area contributed by atoms with Crippen molar-refractivity contribution >= 4 is 23.4 Å². The number of thioether (sulfide) groups is 1. The maximum atomic E-state index is 11.9. The summed E-state index contributed by atoms with van der Waals surface area (Å²) >= 11 is 1.56. The van der Waals surface area contributed by atoms with E-state index in [9.17, 15) is 4.79 Å². The van der Waals surface area contributed by atoms with Gasteiger partial charge >= 0.3 is 0 Å². The van der Waals surface area contributed by atoms with E-state index in [1.807, 2.05) is 32.0 Å². The molecule has 0 saturated carbocycles. The molecule has 0 aliphatic heterocycles. The zero-order valence-corrected chi connectivity index (χ0v) is 12.8. The Labute approximate surface area is 120 Å². The molecule has 0 aliphatic carbocycles. The lowest BCUT2D eigenvalue weighted by atomic mass is 10.2. The average molecular weight is 280 g/mol. The van der Waals surface area contributed by atoms with Crippen LogP contribution in [0.25, 0.3) is 0 Å². The first kappa shape index (κ1) is 15.9. The van der Waals surface area contributed by atoms with E-state index in [0.717, 1.165) is 35.5 Å². The SMILES string of the molecule is CCCCCNC(=O)C(C)Sc1cccc(N)c1C. The summed E-state index contributed by atoms with van der Waals surface area (Å²) in [5.74, 6) is 0.0999. The fraction of sp³-hybridized carbons (Fsp3) is 0.533. The summed E-state index contributed by atoms with van der Waals surface area (Å²) in [4.78, 5) is 13.0. The Kier molecular flexibility index (Phi) is 6.78. The van der Waals surface area contributed by atoms with E-state index in [2.05, 4.69) is 12.2 Å². The first-order chi connectivity index (χ1) is 9.06. The molecule has 0 spiro atoms. The van der Waals surface area contributed by atoms with Gasteiger partial charge in [-0.2, -0.15) is 0 Å². The third-order valence-corrected chi connectivity index (χ3v) is 4.34. The Bertz CT molecular complexity index is 421. The molecule has 1 rings (SSSR count). The molecule has 0 heterocycles. The molecule has 3 nitrogen and oxygen atoms in total. The van der Waals surface area contributed by atoms with Crippen molar-refractivity contribution in [1.29, 1.82) is 0 Å². The summed E-state index contributed by atoms with van der Waals surface area (Å²) in [6.45, 7) is 6.85. The second kappa shape index (κ2) is 8.10. The minimum absolute atomic E-state index is 0.0953. The van der Waals surface area contributed by atoms with Gasteiger partial charge < -0.3 is 11.1 Å². The van der Waals surface area contributed by atoms with Gasteiger partial charge in [0, 0.05) is 17.1 Å². The number of benzene rings is 1. The predicted molar refractivity (Wildman–Crippen MR) is 83.4 cm³/mol. The highest BCUT2D eigenvalue weighted by Gasteiger charge is 2.15. The van der Waals surface area contributed by atoms with Crippen LogP contribution in [-0.4, -0.2) is 17.7 Å². The highest BCUT2D eigenvalue weighted by atomic mass is 32.2. The zero-order valence-electron chi connectivity index (χ0n) is 12.0. The molecule has 19 heavy (non-hydrogen) atoms. The summed E-state index contributed by atoms with van der Waals surface area (Å²) < 4.78 is 0. The average Bonchev–Trinajstić information content (AvgIpc) is 2.39. The molecule has 1 unspecified atom stereocenters. The molecule has 0 aromatic heterocycles. The van der Waals surface area contributed by atoms with Crippen molar-refractivity contribution in [3.63, 3.8) is 0 Å². The molecule has 0 radical (unpaired) electrons. The Hall–Kier alpha value is -1.16. The van der Waals surface area contributed by atoms with Gasteiger partial charge in [0.25, 0.3) is 0 Å². The van der Waals surface area contributed by atoms with E-state index in [4.69, 9.17) is 5.73 Å². The van der Waals surface area contributed by atoms with Gasteiger partial charge in [-0.3, -0.25) is 4.79 Å². The van der Waals surface area contributed by atoms with Crippen LogP contribution in [0.4, 0.5) is 5.69 Å². The maximum absolute atomic E-state index is 11.9. The molecule has 1 aromatic rings. The van der Waals surface area contributed by atoms with Crippen LogP contribution < -0.4 is 11.1 Å². The molecule has 106 valence electrons. The fourth-order valence-corrected chi connectivity index (χ4v) is 2.76. The Morgan fingerprint density at radius 1 is 1.42 bits per heavy atom. The summed E-state index contributed by atoms with van der Waals surface area (Å²) in [5, 5.41) is 2.89. The van der Waals surface area contributed by atoms with Gasteiger partial charge in [-0.25, -0.2) is 0 Å². The summed E-state index contributed by atoms with van der Waals surface area (Å²) in [5.41, 5.74) is 7.70. The number of carbonyl (C=O) groups excluding carboxylic acids is 1. The number of unbranched alkanes of at least 4 members (excludes halogenated alkanes) is 2. The lowest BCUT2D eigenvalue weighted by Crippen LogP contribution is -2.31. The Morgan fingerprint density at radius 3 is 2.84 bits per heavy atom. The Balaban J connectivity index is 2.47. The van der Waals surface area contributed by atoms with E-state index < -0.39 is 0 Å². The molecule has 3 N–H and O–H groups in total. The number of anilines is 1. The van der Waals surface area contributed by atoms with Crippen LogP contribution >= 0.6 is 11.8 Å². The molecular formula is C15H24N2OS. The van der Waals surface area contributed by atoms with Crippen molar-refractivity contribution in [3.8, 4) is 0 Å². The largest absolute Gasteiger partial charge is 0.398 e. The molecule has 1 atom stereocenters. The van der Waals surface area contributed by atoms with E-state index in [1.54, 1.807) is 11.8 Å². The van der Waals surface area contributed by atoms with Gasteiger partial charge in [-0.1, -0.05) is 25.8 Å². The number of rotatable bonds is 7. The quantitative estimate of drug-likeness (QED) is 0.457.